The number of anilines is 1. The number of hydrogen-bond donors (Lipinski definition) is 3. The Balaban J connectivity index is 2.29. The van der Waals surface area contributed by atoms with Crippen molar-refractivity contribution < 1.29 is 9.59 Å². The summed E-state index contributed by atoms with van der Waals surface area (Å²) in [5, 5.41) is 13.6. The van der Waals surface area contributed by atoms with Gasteiger partial charge in [0, 0.05) is 31.8 Å². The summed E-state index contributed by atoms with van der Waals surface area (Å²) in [5.41, 5.74) is 4.84. The Morgan fingerprint density at radius 3 is 3.04 bits per heavy atom. The van der Waals surface area contributed by atoms with Crippen LogP contribution >= 0.6 is 0 Å². The van der Waals surface area contributed by atoms with Crippen molar-refractivity contribution in [3.05, 3.63) is 29.3 Å². The molecule has 1 saturated heterocycles. The Morgan fingerprint density at radius 2 is 2.30 bits per heavy atom. The molecule has 2 rings (SSSR count). The third-order valence-corrected chi connectivity index (χ3v) is 3.69. The van der Waals surface area contributed by atoms with Crippen molar-refractivity contribution in [2.45, 2.75) is 26.3 Å². The number of aryl methyl sites for hydroxylation is 1. The van der Waals surface area contributed by atoms with Crippen molar-refractivity contribution in [1.29, 1.82) is 5.41 Å². The second-order valence-electron chi connectivity index (χ2n) is 5.51. The molecule has 1 aliphatic heterocycles. The topological polar surface area (TPSA) is 97.7 Å². The monoisotopic (exact) mass is 315 g/mol. The van der Waals surface area contributed by atoms with Crippen LogP contribution in [0.3, 0.4) is 0 Å². The van der Waals surface area contributed by atoms with Crippen LogP contribution in [0.15, 0.2) is 23.3 Å². The molecule has 0 spiro atoms. The molecule has 0 bridgehead atoms. The highest BCUT2D eigenvalue weighted by Gasteiger charge is 2.27. The molecule has 2 amide bonds. The van der Waals surface area contributed by atoms with Gasteiger partial charge < -0.3 is 15.6 Å². The number of amides is 2. The molecule has 1 fully saturated rings. The summed E-state index contributed by atoms with van der Waals surface area (Å²) in [6, 6.07) is 5.31. The van der Waals surface area contributed by atoms with Crippen LogP contribution in [0, 0.1) is 12.3 Å². The predicted octanol–water partition coefficient (Wildman–Crippen LogP) is 1.39. The lowest BCUT2D eigenvalue weighted by Gasteiger charge is -2.27. The SMILES string of the molecule is Cc1ccc(N/N=C\C=N)c(C(=O)N2CCNC(=O)C[C@H]2C)c1. The lowest BCUT2D eigenvalue weighted by atomic mass is 10.1. The molecule has 3 N–H and O–H groups in total. The zero-order valence-corrected chi connectivity index (χ0v) is 13.3. The molecule has 122 valence electrons. The number of rotatable bonds is 4. The summed E-state index contributed by atoms with van der Waals surface area (Å²) in [4.78, 5) is 26.2. The number of nitrogens with one attached hydrogen (secondary N) is 3. The number of hydrogen-bond acceptors (Lipinski definition) is 5. The molecule has 0 radical (unpaired) electrons. The highest BCUT2D eigenvalue weighted by molar-refractivity contribution is 6.14. The van der Waals surface area contributed by atoms with E-state index in [9.17, 15) is 9.59 Å². The molecule has 1 aromatic rings. The molecule has 7 heteroatoms. The molecule has 1 aliphatic rings. The Morgan fingerprint density at radius 1 is 1.52 bits per heavy atom. The molecule has 7 nitrogen and oxygen atoms in total. The summed E-state index contributed by atoms with van der Waals surface area (Å²) >= 11 is 0. The molecule has 1 heterocycles. The summed E-state index contributed by atoms with van der Waals surface area (Å²) in [6.07, 6.45) is 2.65. The van der Waals surface area contributed by atoms with E-state index < -0.39 is 0 Å². The first-order valence-electron chi connectivity index (χ1n) is 7.49. The first kappa shape index (κ1) is 16.7. The quantitative estimate of drug-likeness (QED) is 0.578. The van der Waals surface area contributed by atoms with Gasteiger partial charge in [0.05, 0.1) is 17.5 Å². The average molecular weight is 315 g/mol. The molecule has 0 aromatic heterocycles. The van der Waals surface area contributed by atoms with E-state index in [1.165, 1.54) is 6.21 Å². The minimum Gasteiger partial charge on any atom is -0.354 e. The van der Waals surface area contributed by atoms with Crippen molar-refractivity contribution in [3.63, 3.8) is 0 Å². The van der Waals surface area contributed by atoms with Crippen molar-refractivity contribution in [2.24, 2.45) is 5.10 Å². The van der Waals surface area contributed by atoms with Gasteiger partial charge >= 0.3 is 0 Å². The highest BCUT2D eigenvalue weighted by Crippen LogP contribution is 2.21. The zero-order chi connectivity index (χ0) is 16.8. The van der Waals surface area contributed by atoms with Gasteiger partial charge in [-0.1, -0.05) is 11.6 Å². The first-order valence-corrected chi connectivity index (χ1v) is 7.49. The maximum atomic E-state index is 12.9. The maximum Gasteiger partial charge on any atom is 0.256 e. The second kappa shape index (κ2) is 7.53. The molecule has 0 saturated carbocycles. The van der Waals surface area contributed by atoms with E-state index in [0.717, 1.165) is 11.8 Å². The number of nitrogens with zero attached hydrogens (tertiary/aromatic N) is 2. The fourth-order valence-corrected chi connectivity index (χ4v) is 2.52. The average Bonchev–Trinajstić information content (AvgIpc) is 2.68. The van der Waals surface area contributed by atoms with E-state index in [1.807, 2.05) is 19.9 Å². The molecule has 1 aromatic carbocycles. The number of hydrazone groups is 1. The van der Waals surface area contributed by atoms with Gasteiger partial charge in [-0.05, 0) is 26.0 Å². The summed E-state index contributed by atoms with van der Waals surface area (Å²) in [6.45, 7) is 4.72. The second-order valence-corrected chi connectivity index (χ2v) is 5.51. The van der Waals surface area contributed by atoms with Crippen LogP contribution in [-0.2, 0) is 4.79 Å². The normalized spacial score (nSPS) is 18.4. The number of carbonyl (C=O) groups excluding carboxylic acids is 2. The van der Waals surface area contributed by atoms with Gasteiger partial charge in [-0.3, -0.25) is 15.0 Å². The smallest absolute Gasteiger partial charge is 0.256 e. The number of carbonyl (C=O) groups is 2. The van der Waals surface area contributed by atoms with Gasteiger partial charge in [-0.2, -0.15) is 5.10 Å². The van der Waals surface area contributed by atoms with E-state index in [1.54, 1.807) is 17.0 Å². The maximum absolute atomic E-state index is 12.9. The van der Waals surface area contributed by atoms with Gasteiger partial charge in [0.25, 0.3) is 5.91 Å². The van der Waals surface area contributed by atoms with Crippen molar-refractivity contribution in [1.82, 2.24) is 10.2 Å². The third kappa shape index (κ3) is 4.15. The summed E-state index contributed by atoms with van der Waals surface area (Å²) in [5.74, 6) is -0.170. The van der Waals surface area contributed by atoms with Crippen molar-refractivity contribution in [3.8, 4) is 0 Å². The standard InChI is InChI=1S/C16H21N5O2/c1-11-3-4-14(20-19-6-5-17)13(9-11)16(23)21-8-7-18-15(22)10-12(21)2/h3-6,9,12,17,20H,7-8,10H2,1-2H3,(H,18,22)/b17-5?,19-6-/t12-/m1/s1. The van der Waals surface area contributed by atoms with Crippen LogP contribution in [0.2, 0.25) is 0 Å². The molecule has 0 unspecified atom stereocenters. The van der Waals surface area contributed by atoms with E-state index in [2.05, 4.69) is 15.8 Å². The van der Waals surface area contributed by atoms with Gasteiger partial charge in [-0.25, -0.2) is 0 Å². The van der Waals surface area contributed by atoms with Crippen LogP contribution in [-0.4, -0.2) is 48.3 Å². The van der Waals surface area contributed by atoms with Crippen LogP contribution < -0.4 is 10.7 Å². The van der Waals surface area contributed by atoms with E-state index in [0.29, 0.717) is 30.8 Å². The molecule has 23 heavy (non-hydrogen) atoms. The highest BCUT2D eigenvalue weighted by atomic mass is 16.2. The van der Waals surface area contributed by atoms with E-state index in [-0.39, 0.29) is 17.9 Å². The van der Waals surface area contributed by atoms with Gasteiger partial charge in [0.2, 0.25) is 5.91 Å². The summed E-state index contributed by atoms with van der Waals surface area (Å²) < 4.78 is 0. The van der Waals surface area contributed by atoms with Crippen LogP contribution in [0.4, 0.5) is 5.69 Å². The first-order chi connectivity index (χ1) is 11.0. The van der Waals surface area contributed by atoms with E-state index in [4.69, 9.17) is 5.41 Å². The van der Waals surface area contributed by atoms with Gasteiger partial charge in [-0.15, -0.1) is 0 Å². The van der Waals surface area contributed by atoms with Crippen molar-refractivity contribution in [2.75, 3.05) is 18.5 Å². The van der Waals surface area contributed by atoms with Gasteiger partial charge in [0.1, 0.15) is 0 Å². The Bertz CT molecular complexity index is 641. The number of benzene rings is 1. The third-order valence-electron chi connectivity index (χ3n) is 3.69. The lowest BCUT2D eigenvalue weighted by Crippen LogP contribution is -2.40. The zero-order valence-electron chi connectivity index (χ0n) is 13.3. The van der Waals surface area contributed by atoms with E-state index >= 15 is 0 Å². The van der Waals surface area contributed by atoms with Crippen LogP contribution in [0.1, 0.15) is 29.3 Å². The predicted molar refractivity (Wildman–Crippen MR) is 90.2 cm³/mol. The fraction of sp³-hybridized carbons (Fsp3) is 0.375. The van der Waals surface area contributed by atoms with Crippen molar-refractivity contribution >= 4 is 29.9 Å². The largest absolute Gasteiger partial charge is 0.354 e. The fourth-order valence-electron chi connectivity index (χ4n) is 2.52. The van der Waals surface area contributed by atoms with Gasteiger partial charge in [0.15, 0.2) is 0 Å². The Labute approximate surface area is 135 Å². The molecular weight excluding hydrogens is 294 g/mol. The Kier molecular flexibility index (Phi) is 5.46. The minimum absolute atomic E-state index is 0.0361. The van der Waals surface area contributed by atoms with Crippen LogP contribution in [0.5, 0.6) is 0 Å². The molecule has 0 aliphatic carbocycles. The summed E-state index contributed by atoms with van der Waals surface area (Å²) in [7, 11) is 0. The molecular formula is C16H21N5O2. The minimum atomic E-state index is -0.163. The Hall–Kier alpha value is -2.70. The van der Waals surface area contributed by atoms with Crippen LogP contribution in [0.25, 0.3) is 0 Å². The lowest BCUT2D eigenvalue weighted by molar-refractivity contribution is -0.121. The molecule has 1 atom stereocenters.